The summed E-state index contributed by atoms with van der Waals surface area (Å²) in [5.74, 6) is 4.27. The summed E-state index contributed by atoms with van der Waals surface area (Å²) in [4.78, 5) is 17.5. The SMILES string of the molecule is CCOc1ccccc1-c1nc(CC(=O)NC2C3CC4CC(C3)CC2C4)cs1. The van der Waals surface area contributed by atoms with E-state index >= 15 is 0 Å². The van der Waals surface area contributed by atoms with Gasteiger partial charge < -0.3 is 10.1 Å². The fourth-order valence-electron chi connectivity index (χ4n) is 6.00. The van der Waals surface area contributed by atoms with Gasteiger partial charge in [0.1, 0.15) is 10.8 Å². The molecule has 4 saturated carbocycles. The van der Waals surface area contributed by atoms with Crippen molar-refractivity contribution in [3.05, 3.63) is 35.3 Å². The lowest BCUT2D eigenvalue weighted by Gasteiger charge is -2.54. The summed E-state index contributed by atoms with van der Waals surface area (Å²) in [6.45, 7) is 2.61. The quantitative estimate of drug-likeness (QED) is 0.770. The molecular formula is C23H28N2O2S. The maximum Gasteiger partial charge on any atom is 0.226 e. The van der Waals surface area contributed by atoms with E-state index in [9.17, 15) is 4.79 Å². The van der Waals surface area contributed by atoms with Crippen LogP contribution in [0.1, 0.15) is 44.7 Å². The number of para-hydroxylation sites is 1. The lowest BCUT2D eigenvalue weighted by atomic mass is 9.54. The van der Waals surface area contributed by atoms with Crippen LogP contribution in [0.2, 0.25) is 0 Å². The number of benzene rings is 1. The van der Waals surface area contributed by atoms with Crippen LogP contribution in [0.15, 0.2) is 29.6 Å². The number of amides is 1. The van der Waals surface area contributed by atoms with Crippen molar-refractivity contribution in [2.75, 3.05) is 6.61 Å². The van der Waals surface area contributed by atoms with E-state index in [1.165, 1.54) is 32.1 Å². The highest BCUT2D eigenvalue weighted by molar-refractivity contribution is 7.13. The molecule has 1 aromatic carbocycles. The Hall–Kier alpha value is -1.88. The van der Waals surface area contributed by atoms with E-state index in [2.05, 4.69) is 5.32 Å². The lowest BCUT2D eigenvalue weighted by molar-refractivity contribution is -0.124. The molecule has 1 heterocycles. The van der Waals surface area contributed by atoms with Gasteiger partial charge in [-0.15, -0.1) is 11.3 Å². The molecule has 0 spiro atoms. The van der Waals surface area contributed by atoms with Crippen molar-refractivity contribution in [1.29, 1.82) is 0 Å². The Morgan fingerprint density at radius 3 is 2.57 bits per heavy atom. The third-order valence-corrected chi connectivity index (χ3v) is 7.79. The highest BCUT2D eigenvalue weighted by Gasteiger charge is 2.48. The predicted octanol–water partition coefficient (Wildman–Crippen LogP) is 4.69. The topological polar surface area (TPSA) is 51.2 Å². The van der Waals surface area contributed by atoms with Crippen molar-refractivity contribution in [3.63, 3.8) is 0 Å². The van der Waals surface area contributed by atoms with Gasteiger partial charge in [-0.1, -0.05) is 12.1 Å². The van der Waals surface area contributed by atoms with E-state index in [-0.39, 0.29) is 5.91 Å². The van der Waals surface area contributed by atoms with Crippen molar-refractivity contribution in [2.45, 2.75) is 51.5 Å². The Balaban J connectivity index is 1.24. The fourth-order valence-corrected chi connectivity index (χ4v) is 6.85. The third kappa shape index (κ3) is 3.45. The standard InChI is InChI=1S/C23H28N2O2S/c1-2-27-20-6-4-3-5-19(20)23-24-18(13-28-23)12-21(26)25-22-16-8-14-7-15(10-16)11-17(22)9-14/h3-6,13-17,22H,2,7-12H2,1H3,(H,25,26). The van der Waals surface area contributed by atoms with E-state index in [0.717, 1.165) is 33.9 Å². The summed E-state index contributed by atoms with van der Waals surface area (Å²) < 4.78 is 5.72. The molecule has 0 aliphatic heterocycles. The average Bonchev–Trinajstić information content (AvgIpc) is 3.13. The normalized spacial score (nSPS) is 30.4. The number of thiazole rings is 1. The Bertz CT molecular complexity index is 834. The molecule has 1 N–H and O–H groups in total. The van der Waals surface area contributed by atoms with Crippen LogP contribution >= 0.6 is 11.3 Å². The number of ether oxygens (including phenoxy) is 1. The van der Waals surface area contributed by atoms with Gasteiger partial charge in [-0.2, -0.15) is 0 Å². The monoisotopic (exact) mass is 396 g/mol. The molecule has 4 fully saturated rings. The zero-order valence-electron chi connectivity index (χ0n) is 16.4. The second-order valence-corrected chi connectivity index (χ2v) is 9.63. The van der Waals surface area contributed by atoms with Crippen LogP contribution in [0.25, 0.3) is 10.6 Å². The molecule has 4 aliphatic rings. The smallest absolute Gasteiger partial charge is 0.226 e. The molecule has 2 aromatic rings. The number of hydrogen-bond acceptors (Lipinski definition) is 4. The Kier molecular flexibility index (Phi) is 4.87. The Labute approximate surface area is 170 Å². The van der Waals surface area contributed by atoms with Gasteiger partial charge in [0, 0.05) is 11.4 Å². The number of nitrogens with one attached hydrogen (secondary N) is 1. The molecule has 5 heteroatoms. The van der Waals surface area contributed by atoms with Gasteiger partial charge in [-0.3, -0.25) is 4.79 Å². The van der Waals surface area contributed by atoms with E-state index < -0.39 is 0 Å². The molecular weight excluding hydrogens is 368 g/mol. The van der Waals surface area contributed by atoms with Gasteiger partial charge in [0.25, 0.3) is 0 Å². The Morgan fingerprint density at radius 1 is 1.14 bits per heavy atom. The number of carbonyl (C=O) groups is 1. The minimum absolute atomic E-state index is 0.132. The zero-order valence-corrected chi connectivity index (χ0v) is 17.2. The van der Waals surface area contributed by atoms with Crippen LogP contribution in [-0.4, -0.2) is 23.5 Å². The average molecular weight is 397 g/mol. The Morgan fingerprint density at radius 2 is 1.86 bits per heavy atom. The van der Waals surface area contributed by atoms with Gasteiger partial charge >= 0.3 is 0 Å². The summed E-state index contributed by atoms with van der Waals surface area (Å²) in [5, 5.41) is 6.32. The number of hydrogen-bond donors (Lipinski definition) is 1. The molecule has 0 unspecified atom stereocenters. The highest BCUT2D eigenvalue weighted by atomic mass is 32.1. The first-order chi connectivity index (χ1) is 13.7. The molecule has 0 radical (unpaired) electrons. The van der Waals surface area contributed by atoms with Crippen LogP contribution in [0, 0.1) is 23.7 Å². The predicted molar refractivity (Wildman–Crippen MR) is 111 cm³/mol. The minimum Gasteiger partial charge on any atom is -0.493 e. The first-order valence-electron chi connectivity index (χ1n) is 10.7. The van der Waals surface area contributed by atoms with Gasteiger partial charge in [0.2, 0.25) is 5.91 Å². The van der Waals surface area contributed by atoms with Crippen LogP contribution in [0.3, 0.4) is 0 Å². The summed E-state index contributed by atoms with van der Waals surface area (Å²) in [5.41, 5.74) is 1.86. The van der Waals surface area contributed by atoms with Crippen molar-refractivity contribution in [1.82, 2.24) is 10.3 Å². The molecule has 0 saturated heterocycles. The molecule has 1 aromatic heterocycles. The van der Waals surface area contributed by atoms with Crippen LogP contribution in [0.5, 0.6) is 5.75 Å². The number of carbonyl (C=O) groups excluding carboxylic acids is 1. The largest absolute Gasteiger partial charge is 0.493 e. The highest BCUT2D eigenvalue weighted by Crippen LogP contribution is 2.53. The fraction of sp³-hybridized carbons (Fsp3) is 0.565. The lowest BCUT2D eigenvalue weighted by Crippen LogP contribution is -2.56. The molecule has 4 aliphatic carbocycles. The maximum absolute atomic E-state index is 12.7. The van der Waals surface area contributed by atoms with Crippen molar-refractivity contribution in [2.24, 2.45) is 23.7 Å². The molecule has 28 heavy (non-hydrogen) atoms. The van der Waals surface area contributed by atoms with Crippen molar-refractivity contribution >= 4 is 17.2 Å². The second-order valence-electron chi connectivity index (χ2n) is 8.77. The van der Waals surface area contributed by atoms with E-state index in [1.807, 2.05) is 36.6 Å². The van der Waals surface area contributed by atoms with Gasteiger partial charge in [-0.25, -0.2) is 4.98 Å². The van der Waals surface area contributed by atoms with Crippen LogP contribution in [-0.2, 0) is 11.2 Å². The molecule has 4 nitrogen and oxygen atoms in total. The zero-order chi connectivity index (χ0) is 19.1. The summed E-state index contributed by atoms with van der Waals surface area (Å²) in [6, 6.07) is 8.37. The molecule has 4 bridgehead atoms. The summed E-state index contributed by atoms with van der Waals surface area (Å²) in [7, 11) is 0. The number of aromatic nitrogens is 1. The minimum atomic E-state index is 0.132. The number of rotatable bonds is 6. The first-order valence-corrected chi connectivity index (χ1v) is 11.5. The third-order valence-electron chi connectivity index (χ3n) is 6.87. The van der Waals surface area contributed by atoms with Gasteiger partial charge in [0.15, 0.2) is 0 Å². The molecule has 148 valence electrons. The van der Waals surface area contributed by atoms with Crippen LogP contribution in [0.4, 0.5) is 0 Å². The van der Waals surface area contributed by atoms with E-state index in [1.54, 1.807) is 11.3 Å². The van der Waals surface area contributed by atoms with E-state index in [4.69, 9.17) is 9.72 Å². The van der Waals surface area contributed by atoms with Crippen molar-refractivity contribution in [3.8, 4) is 16.3 Å². The maximum atomic E-state index is 12.7. The molecule has 6 rings (SSSR count). The molecule has 1 amide bonds. The first kappa shape index (κ1) is 18.2. The van der Waals surface area contributed by atoms with E-state index in [0.29, 0.717) is 30.9 Å². The summed E-state index contributed by atoms with van der Waals surface area (Å²) >= 11 is 1.58. The number of nitrogens with zero attached hydrogens (tertiary/aromatic N) is 1. The van der Waals surface area contributed by atoms with Gasteiger partial charge in [0.05, 0.1) is 24.3 Å². The van der Waals surface area contributed by atoms with Crippen molar-refractivity contribution < 1.29 is 9.53 Å². The van der Waals surface area contributed by atoms with Crippen LogP contribution < -0.4 is 10.1 Å². The van der Waals surface area contributed by atoms with Gasteiger partial charge in [-0.05, 0) is 74.8 Å². The molecule has 0 atom stereocenters. The second kappa shape index (κ2) is 7.51. The summed E-state index contributed by atoms with van der Waals surface area (Å²) in [6.07, 6.45) is 7.12.